The third kappa shape index (κ3) is 3.85. The molecule has 0 aromatic heterocycles. The molecule has 1 fully saturated rings. The molecule has 1 N–H and O–H groups in total. The SMILES string of the molecule is Cc1cc2c(cc1S(=O)(=O)CCC(=O)N1CCCC[C@@H]1C)OCC(=O)N2. The Labute approximate surface area is 153 Å². The minimum atomic E-state index is -3.63. The molecule has 2 aliphatic rings. The van der Waals surface area contributed by atoms with Crippen molar-refractivity contribution in [2.24, 2.45) is 0 Å². The third-order valence-corrected chi connectivity index (χ3v) is 6.80. The highest BCUT2D eigenvalue weighted by Crippen LogP contribution is 2.33. The highest BCUT2D eigenvalue weighted by molar-refractivity contribution is 7.91. The van der Waals surface area contributed by atoms with Gasteiger partial charge in [-0.2, -0.15) is 0 Å². The van der Waals surface area contributed by atoms with E-state index < -0.39 is 9.84 Å². The zero-order chi connectivity index (χ0) is 18.9. The van der Waals surface area contributed by atoms with Gasteiger partial charge in [0.15, 0.2) is 16.4 Å². The highest BCUT2D eigenvalue weighted by Gasteiger charge is 2.27. The molecule has 7 nitrogen and oxygen atoms in total. The molecule has 0 bridgehead atoms. The molecule has 1 atom stereocenters. The first-order chi connectivity index (χ1) is 12.3. The monoisotopic (exact) mass is 380 g/mol. The van der Waals surface area contributed by atoms with Gasteiger partial charge in [-0.05, 0) is 44.7 Å². The summed E-state index contributed by atoms with van der Waals surface area (Å²) in [7, 11) is -3.63. The standard InChI is InChI=1S/C18H24N2O5S/c1-12-9-14-15(25-11-17(21)19-14)10-16(12)26(23,24)8-6-18(22)20-7-4-3-5-13(20)2/h9-10,13H,3-8,11H2,1-2H3,(H,19,21)/t13-/m0/s1. The first kappa shape index (κ1) is 18.7. The quantitative estimate of drug-likeness (QED) is 0.861. The number of anilines is 1. The van der Waals surface area contributed by atoms with Crippen LogP contribution >= 0.6 is 0 Å². The van der Waals surface area contributed by atoms with Crippen LogP contribution in [0.3, 0.4) is 0 Å². The van der Waals surface area contributed by atoms with Crippen molar-refractivity contribution in [3.63, 3.8) is 0 Å². The number of hydrogen-bond acceptors (Lipinski definition) is 5. The van der Waals surface area contributed by atoms with Crippen molar-refractivity contribution in [1.82, 2.24) is 4.90 Å². The number of benzene rings is 1. The zero-order valence-corrected chi connectivity index (χ0v) is 15.9. The van der Waals surface area contributed by atoms with Crippen LogP contribution in [0.15, 0.2) is 17.0 Å². The third-order valence-electron chi connectivity index (χ3n) is 4.95. The Kier molecular flexibility index (Phi) is 5.22. The van der Waals surface area contributed by atoms with Gasteiger partial charge >= 0.3 is 0 Å². The Morgan fingerprint density at radius 1 is 1.35 bits per heavy atom. The topological polar surface area (TPSA) is 92.8 Å². The van der Waals surface area contributed by atoms with Crippen molar-refractivity contribution >= 4 is 27.3 Å². The predicted octanol–water partition coefficient (Wildman–Crippen LogP) is 1.89. The molecule has 2 aliphatic heterocycles. The molecule has 142 valence electrons. The lowest BCUT2D eigenvalue weighted by atomic mass is 10.0. The van der Waals surface area contributed by atoms with E-state index in [1.165, 1.54) is 6.07 Å². The molecule has 1 aromatic carbocycles. The number of amides is 2. The zero-order valence-electron chi connectivity index (χ0n) is 15.1. The Morgan fingerprint density at radius 2 is 2.12 bits per heavy atom. The minimum Gasteiger partial charge on any atom is -0.482 e. The predicted molar refractivity (Wildman–Crippen MR) is 97.0 cm³/mol. The van der Waals surface area contributed by atoms with E-state index in [9.17, 15) is 18.0 Å². The van der Waals surface area contributed by atoms with Gasteiger partial charge in [0.1, 0.15) is 5.75 Å². The molecular formula is C18H24N2O5S. The van der Waals surface area contributed by atoms with E-state index in [0.29, 0.717) is 23.5 Å². The molecule has 3 rings (SSSR count). The van der Waals surface area contributed by atoms with E-state index in [1.54, 1.807) is 17.9 Å². The first-order valence-corrected chi connectivity index (χ1v) is 10.5. The van der Waals surface area contributed by atoms with E-state index in [1.807, 2.05) is 6.92 Å². The summed E-state index contributed by atoms with van der Waals surface area (Å²) in [5.41, 5.74) is 0.990. The molecule has 8 heteroatoms. The fraction of sp³-hybridized carbons (Fsp3) is 0.556. The van der Waals surface area contributed by atoms with Gasteiger partial charge in [0.2, 0.25) is 5.91 Å². The van der Waals surface area contributed by atoms with Gasteiger partial charge in [-0.3, -0.25) is 9.59 Å². The van der Waals surface area contributed by atoms with Gasteiger partial charge < -0.3 is 15.0 Å². The molecule has 0 spiro atoms. The van der Waals surface area contributed by atoms with Gasteiger partial charge in [-0.15, -0.1) is 0 Å². The number of piperidine rings is 1. The van der Waals surface area contributed by atoms with Crippen LogP contribution in [0.5, 0.6) is 5.75 Å². The summed E-state index contributed by atoms with van der Waals surface area (Å²) in [5, 5.41) is 2.66. The van der Waals surface area contributed by atoms with Crippen LogP contribution in [0.25, 0.3) is 0 Å². The van der Waals surface area contributed by atoms with Gasteiger partial charge in [0.05, 0.1) is 16.3 Å². The largest absolute Gasteiger partial charge is 0.482 e. The van der Waals surface area contributed by atoms with Gasteiger partial charge in [-0.25, -0.2) is 8.42 Å². The van der Waals surface area contributed by atoms with Gasteiger partial charge in [-0.1, -0.05) is 0 Å². The van der Waals surface area contributed by atoms with Crippen molar-refractivity contribution in [2.75, 3.05) is 24.2 Å². The molecule has 26 heavy (non-hydrogen) atoms. The number of rotatable bonds is 4. The number of sulfone groups is 1. The Balaban J connectivity index is 1.74. The molecule has 0 unspecified atom stereocenters. The number of aryl methyl sites for hydroxylation is 1. The fourth-order valence-electron chi connectivity index (χ4n) is 3.50. The molecule has 2 amide bonds. The number of nitrogens with one attached hydrogen (secondary N) is 1. The second-order valence-corrected chi connectivity index (χ2v) is 9.03. The van der Waals surface area contributed by atoms with Crippen molar-refractivity contribution < 1.29 is 22.7 Å². The van der Waals surface area contributed by atoms with Crippen LogP contribution < -0.4 is 10.1 Å². The van der Waals surface area contributed by atoms with E-state index in [-0.39, 0.29) is 41.5 Å². The maximum atomic E-state index is 12.8. The molecule has 2 heterocycles. The number of nitrogens with zero attached hydrogens (tertiary/aromatic N) is 1. The fourth-order valence-corrected chi connectivity index (χ4v) is 4.99. The number of hydrogen-bond donors (Lipinski definition) is 1. The summed E-state index contributed by atoms with van der Waals surface area (Å²) in [4.78, 5) is 25.7. The van der Waals surface area contributed by atoms with Gasteiger partial charge in [0.25, 0.3) is 5.91 Å². The van der Waals surface area contributed by atoms with Gasteiger partial charge in [0, 0.05) is 25.1 Å². The lowest BCUT2D eigenvalue weighted by molar-refractivity contribution is -0.134. The average molecular weight is 380 g/mol. The Morgan fingerprint density at radius 3 is 2.85 bits per heavy atom. The maximum Gasteiger partial charge on any atom is 0.262 e. The summed E-state index contributed by atoms with van der Waals surface area (Å²) in [6.45, 7) is 4.24. The van der Waals surface area contributed by atoms with Crippen LogP contribution in [-0.2, 0) is 19.4 Å². The molecule has 1 saturated heterocycles. The smallest absolute Gasteiger partial charge is 0.262 e. The Bertz CT molecular complexity index is 834. The molecular weight excluding hydrogens is 356 g/mol. The maximum absolute atomic E-state index is 12.8. The lowest BCUT2D eigenvalue weighted by Gasteiger charge is -2.33. The summed E-state index contributed by atoms with van der Waals surface area (Å²) < 4.78 is 30.8. The van der Waals surface area contributed by atoms with Crippen LogP contribution in [-0.4, -0.2) is 50.1 Å². The number of likely N-dealkylation sites (tertiary alicyclic amines) is 1. The van der Waals surface area contributed by atoms with Crippen molar-refractivity contribution in [1.29, 1.82) is 0 Å². The first-order valence-electron chi connectivity index (χ1n) is 8.87. The highest BCUT2D eigenvalue weighted by atomic mass is 32.2. The van der Waals surface area contributed by atoms with Crippen molar-refractivity contribution in [3.8, 4) is 5.75 Å². The summed E-state index contributed by atoms with van der Waals surface area (Å²) >= 11 is 0. The van der Waals surface area contributed by atoms with Crippen LogP contribution in [0.4, 0.5) is 5.69 Å². The number of carbonyl (C=O) groups excluding carboxylic acids is 2. The van der Waals surface area contributed by atoms with E-state index in [4.69, 9.17) is 4.74 Å². The van der Waals surface area contributed by atoms with Crippen LogP contribution in [0.1, 0.15) is 38.2 Å². The molecule has 1 aromatic rings. The Hall–Kier alpha value is -2.09. The average Bonchev–Trinajstić information content (AvgIpc) is 2.59. The summed E-state index contributed by atoms with van der Waals surface area (Å²) in [5.74, 6) is -0.278. The normalized spacial score (nSPS) is 20.2. The summed E-state index contributed by atoms with van der Waals surface area (Å²) in [6.07, 6.45) is 3.01. The minimum absolute atomic E-state index is 0.0270. The molecule has 0 radical (unpaired) electrons. The van der Waals surface area contributed by atoms with Crippen molar-refractivity contribution in [2.45, 2.75) is 50.5 Å². The van der Waals surface area contributed by atoms with E-state index >= 15 is 0 Å². The van der Waals surface area contributed by atoms with Crippen molar-refractivity contribution in [3.05, 3.63) is 17.7 Å². The molecule has 0 saturated carbocycles. The summed E-state index contributed by atoms with van der Waals surface area (Å²) in [6, 6.07) is 3.20. The van der Waals surface area contributed by atoms with E-state index in [2.05, 4.69) is 5.32 Å². The second-order valence-electron chi connectivity index (χ2n) is 6.95. The van der Waals surface area contributed by atoms with Crippen LogP contribution in [0, 0.1) is 6.92 Å². The lowest BCUT2D eigenvalue weighted by Crippen LogP contribution is -2.42. The number of fused-ring (bicyclic) bond motifs is 1. The number of carbonyl (C=O) groups is 2. The van der Waals surface area contributed by atoms with E-state index in [0.717, 1.165) is 19.3 Å². The molecule has 0 aliphatic carbocycles. The second kappa shape index (κ2) is 7.26. The van der Waals surface area contributed by atoms with Crippen LogP contribution in [0.2, 0.25) is 0 Å². The number of ether oxygens (including phenoxy) is 1.